The summed E-state index contributed by atoms with van der Waals surface area (Å²) in [6.07, 6.45) is 0.228. The van der Waals surface area contributed by atoms with Crippen molar-refractivity contribution in [3.8, 4) is 0 Å². The average Bonchev–Trinajstić information content (AvgIpc) is 3.51. The Morgan fingerprint density at radius 3 is 2.21 bits per heavy atom. The largest absolute Gasteiger partial charge is 0.454 e. The summed E-state index contributed by atoms with van der Waals surface area (Å²) in [6, 6.07) is 22.9. The maximum absolute atomic E-state index is 16.3. The number of alkyl halides is 2. The van der Waals surface area contributed by atoms with Gasteiger partial charge in [-0.15, -0.1) is 0 Å². The lowest BCUT2D eigenvalue weighted by Gasteiger charge is -2.64. The zero-order valence-corrected chi connectivity index (χ0v) is 26.3. The molecule has 2 saturated heterocycles. The van der Waals surface area contributed by atoms with Crippen molar-refractivity contribution < 1.29 is 27.5 Å². The second-order valence-corrected chi connectivity index (χ2v) is 13.9. The molecule has 3 fully saturated rings. The number of nitrogens with zero attached hydrogens (tertiary/aromatic N) is 2. The molecule has 240 valence electrons. The normalized spacial score (nSPS) is 28.4. The SMILES string of the molecule is O=C1O[C@@H](c2ccccc2)[C@@H](c2ccccc2)N2[C@@H]1[C@H](c1ccnc(Cl)c1F)[C@@]1(C(=O)Nc3cc(Cl)ccc31)C21CC(CF)(CF)C1. The van der Waals surface area contributed by atoms with Crippen LogP contribution in [0.4, 0.5) is 18.9 Å². The van der Waals surface area contributed by atoms with Gasteiger partial charge < -0.3 is 10.1 Å². The fraction of sp³-hybridized carbons (Fsp3) is 0.306. The highest BCUT2D eigenvalue weighted by atomic mass is 35.5. The molecule has 2 spiro atoms. The van der Waals surface area contributed by atoms with Crippen LogP contribution in [0.5, 0.6) is 0 Å². The maximum Gasteiger partial charge on any atom is 0.324 e. The standard InChI is InChI=1S/C36H28Cl2F3N3O3/c37-22-11-12-24-25(15-22)43-33(46)36(24)26(23-13-14-42-31(38)27(23)41)29-32(45)47-30(21-9-5-2-6-10-21)28(20-7-3-1-4-8-20)44(29)35(36)16-34(17-35,18-39)19-40/h1-15,26,28-30H,16-19H2,(H,43,46)/t26-,28+,29+,30-,36-/m0/s1. The van der Waals surface area contributed by atoms with Crippen LogP contribution >= 0.6 is 23.2 Å². The zero-order chi connectivity index (χ0) is 32.7. The lowest BCUT2D eigenvalue weighted by Crippen LogP contribution is -2.72. The van der Waals surface area contributed by atoms with Gasteiger partial charge in [-0.3, -0.25) is 23.3 Å². The number of cyclic esters (lactones) is 1. The summed E-state index contributed by atoms with van der Waals surface area (Å²) in [6.45, 7) is -1.95. The lowest BCUT2D eigenvalue weighted by atomic mass is 9.45. The van der Waals surface area contributed by atoms with Gasteiger partial charge in [-0.25, -0.2) is 9.37 Å². The minimum atomic E-state index is -1.71. The molecule has 1 saturated carbocycles. The molecule has 0 radical (unpaired) electrons. The zero-order valence-electron chi connectivity index (χ0n) is 24.8. The highest BCUT2D eigenvalue weighted by Crippen LogP contribution is 2.75. The van der Waals surface area contributed by atoms with Crippen molar-refractivity contribution in [3.05, 3.63) is 129 Å². The molecule has 0 unspecified atom stereocenters. The molecule has 4 aromatic rings. The van der Waals surface area contributed by atoms with Crippen molar-refractivity contribution in [1.82, 2.24) is 9.88 Å². The van der Waals surface area contributed by atoms with E-state index < -0.39 is 76.7 Å². The maximum atomic E-state index is 16.3. The Labute approximate surface area is 278 Å². The molecule has 5 atom stereocenters. The number of halogens is 5. The van der Waals surface area contributed by atoms with Crippen molar-refractivity contribution in [1.29, 1.82) is 0 Å². The van der Waals surface area contributed by atoms with E-state index in [-0.39, 0.29) is 18.4 Å². The number of hydrogen-bond donors (Lipinski definition) is 1. The first-order valence-electron chi connectivity index (χ1n) is 15.3. The number of anilines is 1. The molecular formula is C36H28Cl2F3N3O3. The van der Waals surface area contributed by atoms with Gasteiger partial charge in [0.25, 0.3) is 0 Å². The predicted molar refractivity (Wildman–Crippen MR) is 170 cm³/mol. The second-order valence-electron chi connectivity index (χ2n) is 13.1. The van der Waals surface area contributed by atoms with Crippen molar-refractivity contribution in [3.63, 3.8) is 0 Å². The average molecular weight is 679 g/mol. The summed E-state index contributed by atoms with van der Waals surface area (Å²) < 4.78 is 52.5. The lowest BCUT2D eigenvalue weighted by molar-refractivity contribution is -0.200. The van der Waals surface area contributed by atoms with Crippen LogP contribution in [0, 0.1) is 11.2 Å². The number of hydrogen-bond acceptors (Lipinski definition) is 5. The van der Waals surface area contributed by atoms with Gasteiger partial charge in [0.2, 0.25) is 5.91 Å². The molecule has 11 heteroatoms. The molecule has 1 N–H and O–H groups in total. The summed E-state index contributed by atoms with van der Waals surface area (Å²) in [5, 5.41) is 2.87. The quantitative estimate of drug-likeness (QED) is 0.173. The Hall–Kier alpha value is -3.92. The monoisotopic (exact) mass is 677 g/mol. The number of carbonyl (C=O) groups is 2. The summed E-state index contributed by atoms with van der Waals surface area (Å²) >= 11 is 12.6. The Bertz CT molecular complexity index is 1900. The number of benzene rings is 3. The number of nitrogens with one attached hydrogen (secondary N) is 1. The van der Waals surface area contributed by atoms with Crippen molar-refractivity contribution in [2.45, 2.75) is 47.9 Å². The van der Waals surface area contributed by atoms with Gasteiger partial charge in [0.1, 0.15) is 17.6 Å². The van der Waals surface area contributed by atoms with E-state index in [1.54, 1.807) is 18.2 Å². The Morgan fingerprint density at radius 2 is 1.55 bits per heavy atom. The van der Waals surface area contributed by atoms with Crippen molar-refractivity contribution in [2.75, 3.05) is 18.7 Å². The molecule has 6 nitrogen and oxygen atoms in total. The minimum absolute atomic E-state index is 0.0188. The Kier molecular flexibility index (Phi) is 6.99. The van der Waals surface area contributed by atoms with Crippen LogP contribution < -0.4 is 5.32 Å². The van der Waals surface area contributed by atoms with Crippen LogP contribution in [0.25, 0.3) is 0 Å². The molecule has 3 aliphatic heterocycles. The molecule has 1 amide bonds. The Morgan fingerprint density at radius 1 is 0.894 bits per heavy atom. The fourth-order valence-corrected chi connectivity index (χ4v) is 9.50. The Balaban J connectivity index is 1.49. The van der Waals surface area contributed by atoms with Gasteiger partial charge >= 0.3 is 5.97 Å². The second kappa shape index (κ2) is 10.8. The molecule has 0 bridgehead atoms. The molecule has 1 aliphatic carbocycles. The fourth-order valence-electron chi connectivity index (χ4n) is 9.16. The van der Waals surface area contributed by atoms with Crippen LogP contribution in [0.15, 0.2) is 91.1 Å². The van der Waals surface area contributed by atoms with E-state index in [0.717, 1.165) is 5.56 Å². The number of esters is 1. The van der Waals surface area contributed by atoms with Gasteiger partial charge in [0.05, 0.1) is 19.4 Å². The molecular weight excluding hydrogens is 650 g/mol. The summed E-state index contributed by atoms with van der Waals surface area (Å²) in [5.74, 6) is -3.32. The topological polar surface area (TPSA) is 71.5 Å². The number of ether oxygens (including phenoxy) is 1. The van der Waals surface area contributed by atoms with E-state index in [1.165, 1.54) is 12.3 Å². The van der Waals surface area contributed by atoms with E-state index in [0.29, 0.717) is 21.8 Å². The summed E-state index contributed by atoms with van der Waals surface area (Å²) in [4.78, 5) is 35.3. The number of morpholine rings is 1. The van der Waals surface area contributed by atoms with Crippen LogP contribution in [0.3, 0.4) is 0 Å². The molecule has 8 rings (SSSR count). The number of aromatic nitrogens is 1. The van der Waals surface area contributed by atoms with Crippen molar-refractivity contribution in [2.24, 2.45) is 5.41 Å². The van der Waals surface area contributed by atoms with Crippen LogP contribution in [0.2, 0.25) is 10.2 Å². The third-order valence-corrected chi connectivity index (χ3v) is 11.3. The number of fused-ring (bicyclic) bond motifs is 5. The van der Waals surface area contributed by atoms with E-state index >= 15 is 4.39 Å². The highest BCUT2D eigenvalue weighted by Gasteiger charge is 2.83. The van der Waals surface area contributed by atoms with Gasteiger partial charge in [0.15, 0.2) is 11.0 Å². The molecule has 4 aliphatic rings. The van der Waals surface area contributed by atoms with Gasteiger partial charge in [-0.1, -0.05) is 89.9 Å². The first-order valence-corrected chi connectivity index (χ1v) is 16.1. The van der Waals surface area contributed by atoms with Crippen LogP contribution in [0.1, 0.15) is 53.2 Å². The van der Waals surface area contributed by atoms with Crippen molar-refractivity contribution >= 4 is 40.8 Å². The van der Waals surface area contributed by atoms with E-state index in [4.69, 9.17) is 27.9 Å². The van der Waals surface area contributed by atoms with Gasteiger partial charge in [0, 0.05) is 33.8 Å². The summed E-state index contributed by atoms with van der Waals surface area (Å²) in [5.41, 5.74) is -2.22. The number of rotatable bonds is 5. The number of pyridine rings is 1. The smallest absolute Gasteiger partial charge is 0.324 e. The third-order valence-electron chi connectivity index (χ3n) is 10.8. The molecule has 3 aromatic carbocycles. The van der Waals surface area contributed by atoms with E-state index in [9.17, 15) is 18.4 Å². The van der Waals surface area contributed by atoms with Crippen LogP contribution in [-0.4, -0.2) is 46.7 Å². The third kappa shape index (κ3) is 3.99. The first-order chi connectivity index (χ1) is 22.7. The van der Waals surface area contributed by atoms with E-state index in [1.807, 2.05) is 65.6 Å². The number of amides is 1. The molecule has 4 heterocycles. The molecule has 47 heavy (non-hydrogen) atoms. The first kappa shape index (κ1) is 30.4. The minimum Gasteiger partial charge on any atom is -0.454 e. The van der Waals surface area contributed by atoms with Crippen LogP contribution in [-0.2, 0) is 19.7 Å². The van der Waals surface area contributed by atoms with Gasteiger partial charge in [-0.2, -0.15) is 0 Å². The molecule has 1 aromatic heterocycles. The van der Waals surface area contributed by atoms with E-state index in [2.05, 4.69) is 10.3 Å². The summed E-state index contributed by atoms with van der Waals surface area (Å²) in [7, 11) is 0. The van der Waals surface area contributed by atoms with Gasteiger partial charge in [-0.05, 0) is 53.3 Å². The number of carbonyl (C=O) groups excluding carboxylic acids is 2. The highest BCUT2D eigenvalue weighted by molar-refractivity contribution is 6.31. The predicted octanol–water partition coefficient (Wildman–Crippen LogP) is 7.68.